The molecule has 0 unspecified atom stereocenters. The first kappa shape index (κ1) is 20.9. The van der Waals surface area contributed by atoms with Gasteiger partial charge >= 0.3 is 19.2 Å². The van der Waals surface area contributed by atoms with Crippen molar-refractivity contribution in [3.05, 3.63) is 12.4 Å². The van der Waals surface area contributed by atoms with Gasteiger partial charge in [0.1, 0.15) is 11.7 Å². The maximum absolute atomic E-state index is 12.1. The summed E-state index contributed by atoms with van der Waals surface area (Å²) >= 11 is 0. The third kappa shape index (κ3) is 4.58. The van der Waals surface area contributed by atoms with Gasteiger partial charge in [0.15, 0.2) is 0 Å². The molecule has 28 heavy (non-hydrogen) atoms. The quantitative estimate of drug-likeness (QED) is 0.731. The second kappa shape index (κ2) is 7.19. The van der Waals surface area contributed by atoms with Crippen molar-refractivity contribution in [3.8, 4) is 6.01 Å². The van der Waals surface area contributed by atoms with E-state index in [1.54, 1.807) is 17.3 Å². The lowest BCUT2D eigenvalue weighted by Gasteiger charge is -2.32. The van der Waals surface area contributed by atoms with Crippen LogP contribution in [-0.2, 0) is 14.0 Å². The van der Waals surface area contributed by atoms with E-state index in [4.69, 9.17) is 18.8 Å². The van der Waals surface area contributed by atoms with Crippen molar-refractivity contribution >= 4 is 18.7 Å². The van der Waals surface area contributed by atoms with Crippen LogP contribution in [0.15, 0.2) is 12.4 Å². The molecule has 0 aromatic carbocycles. The monoisotopic (exact) mass is 391 g/mol. The molecule has 2 aliphatic heterocycles. The van der Waals surface area contributed by atoms with E-state index in [1.807, 2.05) is 48.5 Å². The molecule has 0 saturated carbocycles. The number of rotatable bonds is 3. The fourth-order valence-corrected chi connectivity index (χ4v) is 2.95. The highest BCUT2D eigenvalue weighted by Gasteiger charge is 2.52. The van der Waals surface area contributed by atoms with Gasteiger partial charge in [0.25, 0.3) is 0 Å². The molecule has 2 fully saturated rings. The number of nitrogens with zero attached hydrogens (tertiary/aromatic N) is 3. The number of amides is 1. The van der Waals surface area contributed by atoms with E-state index in [9.17, 15) is 4.79 Å². The predicted octanol–water partition coefficient (Wildman–Crippen LogP) is 2.16. The minimum absolute atomic E-state index is 0.157. The Bertz CT molecular complexity index is 701. The zero-order valence-corrected chi connectivity index (χ0v) is 17.8. The minimum Gasteiger partial charge on any atom is -0.458 e. The molecule has 0 radical (unpaired) electrons. The van der Waals surface area contributed by atoms with Gasteiger partial charge in [-0.25, -0.2) is 14.8 Å². The van der Waals surface area contributed by atoms with Crippen LogP contribution in [0.5, 0.6) is 6.01 Å². The second-order valence-corrected chi connectivity index (χ2v) is 9.34. The summed E-state index contributed by atoms with van der Waals surface area (Å²) in [5.74, 6) is 0. The van der Waals surface area contributed by atoms with Crippen LogP contribution >= 0.6 is 0 Å². The molecule has 1 amide bonds. The lowest BCUT2D eigenvalue weighted by Crippen LogP contribution is -2.41. The van der Waals surface area contributed by atoms with Crippen molar-refractivity contribution in [2.75, 3.05) is 13.1 Å². The first-order chi connectivity index (χ1) is 12.9. The maximum Gasteiger partial charge on any atom is 0.498 e. The number of carbonyl (C=O) groups is 1. The van der Waals surface area contributed by atoms with Gasteiger partial charge in [-0.15, -0.1) is 0 Å². The van der Waals surface area contributed by atoms with Gasteiger partial charge in [0, 0.05) is 30.8 Å². The van der Waals surface area contributed by atoms with E-state index >= 15 is 0 Å². The largest absolute Gasteiger partial charge is 0.498 e. The number of carbonyl (C=O) groups excluding carboxylic acids is 1. The summed E-state index contributed by atoms with van der Waals surface area (Å²) < 4.78 is 23.2. The molecule has 1 aromatic heterocycles. The van der Waals surface area contributed by atoms with Crippen LogP contribution < -0.4 is 10.2 Å². The number of hydrogen-bond acceptors (Lipinski definition) is 7. The fraction of sp³-hybridized carbons (Fsp3) is 0.737. The molecule has 0 aliphatic carbocycles. The molecule has 154 valence electrons. The second-order valence-electron chi connectivity index (χ2n) is 9.34. The molecule has 0 bridgehead atoms. The third-order valence-corrected chi connectivity index (χ3v) is 5.24. The van der Waals surface area contributed by atoms with Crippen molar-refractivity contribution in [2.45, 2.75) is 77.8 Å². The maximum atomic E-state index is 12.1. The van der Waals surface area contributed by atoms with Crippen molar-refractivity contribution in [2.24, 2.45) is 0 Å². The molecule has 0 spiro atoms. The van der Waals surface area contributed by atoms with Gasteiger partial charge in [-0.3, -0.25) is 0 Å². The molecule has 1 atom stereocenters. The summed E-state index contributed by atoms with van der Waals surface area (Å²) in [5, 5.41) is 0. The van der Waals surface area contributed by atoms with Crippen molar-refractivity contribution in [1.29, 1.82) is 0 Å². The van der Waals surface area contributed by atoms with E-state index in [-0.39, 0.29) is 18.2 Å². The van der Waals surface area contributed by atoms with E-state index in [2.05, 4.69) is 9.97 Å². The number of ether oxygens (including phenoxy) is 2. The Labute approximate surface area is 167 Å². The highest BCUT2D eigenvalue weighted by molar-refractivity contribution is 6.61. The van der Waals surface area contributed by atoms with Crippen molar-refractivity contribution in [1.82, 2.24) is 14.9 Å². The molecule has 3 rings (SSSR count). The van der Waals surface area contributed by atoms with Gasteiger partial charge in [0.05, 0.1) is 17.7 Å². The third-order valence-electron chi connectivity index (χ3n) is 5.24. The topological polar surface area (TPSA) is 83.0 Å². The number of likely N-dealkylation sites (tertiary alicyclic amines) is 1. The van der Waals surface area contributed by atoms with E-state index in [0.29, 0.717) is 19.5 Å². The Kier molecular flexibility index (Phi) is 5.35. The van der Waals surface area contributed by atoms with Gasteiger partial charge in [-0.2, -0.15) is 0 Å². The zero-order valence-electron chi connectivity index (χ0n) is 17.8. The molecule has 3 heterocycles. The van der Waals surface area contributed by atoms with Crippen molar-refractivity contribution < 1.29 is 23.6 Å². The van der Waals surface area contributed by atoms with E-state index < -0.39 is 23.9 Å². The summed E-state index contributed by atoms with van der Waals surface area (Å²) in [6.45, 7) is 14.6. The highest BCUT2D eigenvalue weighted by atomic mass is 16.7. The van der Waals surface area contributed by atoms with E-state index in [0.717, 1.165) is 5.46 Å². The molecule has 0 N–H and O–H groups in total. The first-order valence-electron chi connectivity index (χ1n) is 9.68. The Morgan fingerprint density at radius 1 is 1.18 bits per heavy atom. The molecule has 2 saturated heterocycles. The Morgan fingerprint density at radius 3 is 2.29 bits per heavy atom. The van der Waals surface area contributed by atoms with E-state index in [1.165, 1.54) is 0 Å². The summed E-state index contributed by atoms with van der Waals surface area (Å²) in [6, 6.07) is 0.274. The zero-order chi connectivity index (χ0) is 20.7. The summed E-state index contributed by atoms with van der Waals surface area (Å²) in [7, 11) is -0.506. The predicted molar refractivity (Wildman–Crippen MR) is 105 cm³/mol. The van der Waals surface area contributed by atoms with Gasteiger partial charge in [0.2, 0.25) is 0 Å². The smallest absolute Gasteiger partial charge is 0.458 e. The molecule has 2 aliphatic rings. The van der Waals surface area contributed by atoms with Gasteiger partial charge in [-0.1, -0.05) is 0 Å². The SMILES string of the molecule is CC(C)(C)OC(=O)N1CC[C@H](Oc2ncc(B3OC(C)(C)C(C)(C)O3)cn2)C1. The lowest BCUT2D eigenvalue weighted by molar-refractivity contribution is 0.00578. The Morgan fingerprint density at radius 2 is 1.75 bits per heavy atom. The van der Waals surface area contributed by atoms with Crippen LogP contribution in [0.25, 0.3) is 0 Å². The fourth-order valence-electron chi connectivity index (χ4n) is 2.95. The van der Waals surface area contributed by atoms with Gasteiger partial charge < -0.3 is 23.7 Å². The minimum atomic E-state index is -0.511. The number of hydrogen-bond donors (Lipinski definition) is 0. The Balaban J connectivity index is 1.55. The molecule has 1 aromatic rings. The first-order valence-corrected chi connectivity index (χ1v) is 9.68. The Hall–Kier alpha value is -1.87. The normalized spacial score (nSPS) is 23.8. The average Bonchev–Trinajstić information content (AvgIpc) is 3.09. The summed E-state index contributed by atoms with van der Waals surface area (Å²) in [6.07, 6.45) is 3.54. The van der Waals surface area contributed by atoms with Crippen LogP contribution in [0.3, 0.4) is 0 Å². The molecular formula is C19H30BN3O5. The summed E-state index contributed by atoms with van der Waals surface area (Å²) in [5.41, 5.74) is -0.598. The van der Waals surface area contributed by atoms with Gasteiger partial charge in [-0.05, 0) is 48.5 Å². The summed E-state index contributed by atoms with van der Waals surface area (Å²) in [4.78, 5) is 22.4. The molecular weight excluding hydrogens is 361 g/mol. The van der Waals surface area contributed by atoms with Crippen LogP contribution in [0.1, 0.15) is 54.9 Å². The van der Waals surface area contributed by atoms with Crippen LogP contribution in [0.2, 0.25) is 0 Å². The van der Waals surface area contributed by atoms with Crippen molar-refractivity contribution in [3.63, 3.8) is 0 Å². The van der Waals surface area contributed by atoms with Crippen LogP contribution in [0.4, 0.5) is 4.79 Å². The standard InChI is InChI=1S/C19H30BN3O5/c1-17(2,3)26-16(24)23-9-8-14(12-23)25-15-21-10-13(11-22-15)20-27-18(4,5)19(6,7)28-20/h10-11,14H,8-9,12H2,1-7H3/t14-/m0/s1. The highest BCUT2D eigenvalue weighted by Crippen LogP contribution is 2.36. The molecule has 9 heteroatoms. The van der Waals surface area contributed by atoms with Crippen LogP contribution in [-0.4, -0.2) is 64.1 Å². The molecule has 8 nitrogen and oxygen atoms in total. The number of aromatic nitrogens is 2. The lowest BCUT2D eigenvalue weighted by atomic mass is 9.81. The van der Waals surface area contributed by atoms with Crippen LogP contribution in [0, 0.1) is 0 Å². The average molecular weight is 391 g/mol.